The number of Topliss-reactive ketones (excluding diaryl/α,β-unsaturated/α-hetero) is 2. The van der Waals surface area contributed by atoms with E-state index in [4.69, 9.17) is 31.5 Å². The van der Waals surface area contributed by atoms with Gasteiger partial charge in [0, 0.05) is 130 Å². The van der Waals surface area contributed by atoms with Crippen LogP contribution < -0.4 is 65.1 Å². The van der Waals surface area contributed by atoms with E-state index in [0.717, 1.165) is 134 Å². The molecule has 0 unspecified atom stereocenters. The Labute approximate surface area is 658 Å². The van der Waals surface area contributed by atoms with E-state index in [2.05, 4.69) is 52.2 Å². The van der Waals surface area contributed by atoms with Crippen LogP contribution in [-0.4, -0.2) is 235 Å². The number of alkyl halides is 6. The van der Waals surface area contributed by atoms with Gasteiger partial charge in [0.25, 0.3) is 11.8 Å². The van der Waals surface area contributed by atoms with Gasteiger partial charge in [-0.05, 0) is 103 Å². The molecule has 9 atom stereocenters. The second-order valence-electron chi connectivity index (χ2n) is 28.2. The number of hydroxylamine groups is 2. The molecule has 30 nitrogen and oxygen atoms in total. The van der Waals surface area contributed by atoms with Crippen LogP contribution in [0.1, 0.15) is 218 Å². The highest BCUT2D eigenvalue weighted by Crippen LogP contribution is 2.38. The molecule has 630 valence electrons. The van der Waals surface area contributed by atoms with Crippen LogP contribution in [0.25, 0.3) is 0 Å². The summed E-state index contributed by atoms with van der Waals surface area (Å²) in [4.78, 5) is 146. The van der Waals surface area contributed by atoms with Gasteiger partial charge in [-0.2, -0.15) is 61.6 Å². The average molecular weight is 1640 g/mol. The van der Waals surface area contributed by atoms with Gasteiger partial charge in [0.1, 0.15) is 11.6 Å². The standard InChI is InChI=1S/C40H65F3N8O6S2.C16H19F3N4O5S.C16H34N4O3/c41-40(42,43)37(56)51-39-48-30-26-59-32(36(30)50-39)18-12-10-16-28(53)14-6-2-4-8-20-34(55)46-22-24-57-23-21-45-33(54)19-7-3-1-5-13-27(52)15-9-11-17-31-35-29(25-58-31)47-38(44)49-35;17-16(18,19)14(27)22-15-20-8-7-29-9(13(8)21-15)3-1-2-4-12(26)28-23-10(24)5-6-11(23)25;17-9-5-1-3-7-15(21)19-11-13-23-14-12-20-16(22)8-4-2-6-10-18/h29-32,35-36H,1-26H2,(H,45,54)(H,46,55)(H3,44,47,49)(H2,48,50,51,56);8-9,13H,1-7H2,(H2,20,21,22,27);1-14,17-18H2,(H,19,21)(H,20,22)/t29-,30-,31-,32-,35-,36-;8-,9-,13-;/m00./s1. The first-order valence-corrected chi connectivity index (χ1v) is 42.5. The van der Waals surface area contributed by atoms with Crippen LogP contribution in [0.4, 0.5) is 26.3 Å². The van der Waals surface area contributed by atoms with Crippen LogP contribution in [0.3, 0.4) is 0 Å². The molecule has 0 saturated carbocycles. The van der Waals surface area contributed by atoms with Crippen molar-refractivity contribution in [1.82, 2.24) is 52.9 Å². The molecular formula is C72H118F6N16O14S3. The number of ether oxygens (including phenoxy) is 2. The molecule has 111 heavy (non-hydrogen) atoms. The Kier molecular flexibility index (Phi) is 45.8. The highest BCUT2D eigenvalue weighted by atomic mass is 32.2. The molecule has 0 aromatic rings. The van der Waals surface area contributed by atoms with Crippen LogP contribution in [0, 0.1) is 0 Å². The Bertz CT molecular complexity index is 3000. The molecule has 0 aromatic carbocycles. The van der Waals surface area contributed by atoms with E-state index in [1.807, 2.05) is 11.8 Å². The third kappa shape index (κ3) is 39.4. The summed E-state index contributed by atoms with van der Waals surface area (Å²) in [6.45, 7) is 4.84. The first-order valence-electron chi connectivity index (χ1n) is 39.4. The number of carbonyl (C=O) groups is 11. The lowest BCUT2D eigenvalue weighted by atomic mass is 10.0. The third-order valence-electron chi connectivity index (χ3n) is 19.1. The van der Waals surface area contributed by atoms with Crippen LogP contribution in [0.2, 0.25) is 0 Å². The molecule has 0 aromatic heterocycles. The number of nitrogens with two attached hydrogens (primary N) is 3. The number of nitrogens with zero attached hydrogens (tertiary/aromatic N) is 4. The molecular weight excluding hydrogens is 1520 g/mol. The lowest BCUT2D eigenvalue weighted by Gasteiger charge is -2.19. The van der Waals surface area contributed by atoms with Crippen molar-refractivity contribution in [3.8, 4) is 0 Å². The summed E-state index contributed by atoms with van der Waals surface area (Å²) in [6.07, 6.45) is 14.1. The summed E-state index contributed by atoms with van der Waals surface area (Å²) in [6, 6.07) is -0.0347. The predicted molar refractivity (Wildman–Crippen MR) is 412 cm³/mol. The fourth-order valence-corrected chi connectivity index (χ4v) is 17.6. The van der Waals surface area contributed by atoms with E-state index in [1.165, 1.54) is 0 Å². The van der Waals surface area contributed by atoms with Gasteiger partial charge in [0.05, 0.1) is 62.7 Å². The van der Waals surface area contributed by atoms with Crippen molar-refractivity contribution in [2.75, 3.05) is 83.0 Å². The number of rotatable bonds is 52. The highest BCUT2D eigenvalue weighted by molar-refractivity contribution is 8.00. The molecule has 15 N–H and O–H groups in total. The summed E-state index contributed by atoms with van der Waals surface area (Å²) >= 11 is 5.30. The minimum absolute atomic E-state index is 0.00808. The third-order valence-corrected chi connectivity index (χ3v) is 23.6. The number of unbranched alkanes of at least 4 members (excludes halogenated alkanes) is 13. The van der Waals surface area contributed by atoms with Gasteiger partial charge in [-0.3, -0.25) is 58.6 Å². The van der Waals surface area contributed by atoms with Crippen molar-refractivity contribution in [2.45, 2.75) is 283 Å². The molecule has 0 spiro atoms. The zero-order valence-electron chi connectivity index (χ0n) is 63.7. The SMILES string of the molecule is NC1=N[C@H]2[C@H](CS[C@H]2CCCCC(=O)CCCCCCC(=O)NCCOCCNC(=O)CCCCCCC(=O)CCCC[C@@H]2SC[C@@H]3N=C(NC(=O)C(F)(F)F)N[C@@H]32)N1.NCCCCCC(=O)NCCOCCNC(=O)CCCCCN.O=C(CCCC[C@@H]1SC[C@@H]2NC(NC(=O)C(F)(F)F)=N[C@@H]21)ON1C(=O)CCC1=O. The predicted octanol–water partition coefficient (Wildman–Crippen LogP) is 5.35. The number of hydrogen-bond donors (Lipinski definition) is 12. The van der Waals surface area contributed by atoms with Gasteiger partial charge in [0.15, 0.2) is 17.9 Å². The molecule has 4 saturated heterocycles. The number of imide groups is 1. The normalized spacial score (nSPS) is 21.3. The Morgan fingerprint density at radius 2 is 0.802 bits per heavy atom. The van der Waals surface area contributed by atoms with E-state index < -0.39 is 42.0 Å². The summed E-state index contributed by atoms with van der Waals surface area (Å²) in [5, 5.41) is 25.0. The summed E-state index contributed by atoms with van der Waals surface area (Å²) < 4.78 is 85.5. The lowest BCUT2D eigenvalue weighted by Crippen LogP contribution is -2.48. The number of carbonyl (C=O) groups excluding carboxylic acids is 11. The van der Waals surface area contributed by atoms with E-state index >= 15 is 0 Å². The van der Waals surface area contributed by atoms with Crippen molar-refractivity contribution >= 4 is 118 Å². The number of hydrogen-bond acceptors (Lipinski definition) is 26. The molecule has 4 fully saturated rings. The molecule has 0 radical (unpaired) electrons. The Hall–Kier alpha value is -6.55. The van der Waals surface area contributed by atoms with Gasteiger partial charge < -0.3 is 68.7 Å². The highest BCUT2D eigenvalue weighted by Gasteiger charge is 2.47. The van der Waals surface area contributed by atoms with Crippen molar-refractivity contribution < 1.29 is 93.4 Å². The second-order valence-corrected chi connectivity index (χ2v) is 32.0. The summed E-state index contributed by atoms with van der Waals surface area (Å²) in [5.41, 5.74) is 16.6. The maximum Gasteiger partial charge on any atom is 0.471 e. The number of nitrogens with one attached hydrogen (secondary N) is 9. The number of aliphatic imine (C=N–C) groups is 3. The minimum Gasteiger partial charge on any atom is -0.378 e. The molecule has 39 heteroatoms. The maximum absolute atomic E-state index is 12.5. The van der Waals surface area contributed by atoms with Gasteiger partial charge in [0.2, 0.25) is 23.6 Å². The minimum atomic E-state index is -4.98. The molecule has 7 heterocycles. The number of fused-ring (bicyclic) bond motifs is 3. The molecule has 0 aliphatic carbocycles. The first kappa shape index (κ1) is 95.0. The smallest absolute Gasteiger partial charge is 0.378 e. The van der Waals surface area contributed by atoms with Gasteiger partial charge in [-0.25, -0.2) is 19.8 Å². The van der Waals surface area contributed by atoms with Crippen LogP contribution in [-0.2, 0) is 67.1 Å². The van der Waals surface area contributed by atoms with E-state index in [9.17, 15) is 79.1 Å². The Balaban J connectivity index is 0.000000349. The molecule has 7 rings (SSSR count). The first-order chi connectivity index (χ1) is 53.2. The zero-order chi connectivity index (χ0) is 80.8. The number of ketones is 2. The monoisotopic (exact) mass is 1640 g/mol. The van der Waals surface area contributed by atoms with Crippen LogP contribution >= 0.6 is 35.3 Å². The van der Waals surface area contributed by atoms with E-state index in [-0.39, 0.29) is 101 Å². The number of amides is 8. The lowest BCUT2D eigenvalue weighted by molar-refractivity contribution is -0.197. The fourth-order valence-electron chi connectivity index (χ4n) is 13.1. The molecule has 7 aliphatic rings. The molecule has 8 amide bonds. The summed E-state index contributed by atoms with van der Waals surface area (Å²) in [5.74, 6) is -2.59. The molecule has 7 aliphatic heterocycles. The van der Waals surface area contributed by atoms with Crippen molar-refractivity contribution in [3.05, 3.63) is 0 Å². The van der Waals surface area contributed by atoms with Gasteiger partial charge in [-0.15, -0.1) is 5.06 Å². The topological polar surface area (TPSA) is 442 Å². The van der Waals surface area contributed by atoms with Crippen LogP contribution in [0.5, 0.6) is 0 Å². The van der Waals surface area contributed by atoms with E-state index in [1.54, 1.807) is 34.2 Å². The summed E-state index contributed by atoms with van der Waals surface area (Å²) in [7, 11) is 0. The number of thioether (sulfide) groups is 3. The number of guanidine groups is 3. The quantitative estimate of drug-likeness (QED) is 0.0207. The molecule has 0 bridgehead atoms. The Morgan fingerprint density at radius 3 is 1.23 bits per heavy atom. The Morgan fingerprint density at radius 1 is 0.441 bits per heavy atom. The van der Waals surface area contributed by atoms with Crippen molar-refractivity contribution in [2.24, 2.45) is 32.2 Å². The largest absolute Gasteiger partial charge is 0.471 e. The van der Waals surface area contributed by atoms with Crippen molar-refractivity contribution in [1.29, 1.82) is 0 Å². The van der Waals surface area contributed by atoms with Gasteiger partial charge >= 0.3 is 30.1 Å². The fraction of sp³-hybridized carbons (Fsp3) is 0.806. The average Bonchev–Trinajstić information content (AvgIpc) is 1.67. The maximum atomic E-state index is 12.5. The second kappa shape index (κ2) is 53.5. The van der Waals surface area contributed by atoms with Crippen molar-refractivity contribution in [3.63, 3.8) is 0 Å². The van der Waals surface area contributed by atoms with Gasteiger partial charge in [-0.1, -0.05) is 57.8 Å². The van der Waals surface area contributed by atoms with Crippen LogP contribution in [0.15, 0.2) is 15.0 Å². The zero-order valence-corrected chi connectivity index (χ0v) is 66.1. The van der Waals surface area contributed by atoms with E-state index in [0.29, 0.717) is 176 Å². The number of halogens is 6.